The van der Waals surface area contributed by atoms with Gasteiger partial charge in [-0.05, 0) is 48.4 Å². The number of carbonyl (C=O) groups is 1. The average molecular weight is 494 g/mol. The third-order valence-electron chi connectivity index (χ3n) is 4.62. The summed E-state index contributed by atoms with van der Waals surface area (Å²) in [4.78, 5) is 13.0. The molecular weight excluding hydrogens is 473 g/mol. The second kappa shape index (κ2) is 10.6. The number of hydrogen-bond acceptors (Lipinski definition) is 5. The number of alkyl halides is 3. The Morgan fingerprint density at radius 1 is 0.941 bits per heavy atom. The molecule has 0 heterocycles. The van der Waals surface area contributed by atoms with Crippen molar-refractivity contribution in [3.8, 4) is 11.5 Å². The van der Waals surface area contributed by atoms with Gasteiger partial charge in [0, 0.05) is 19.3 Å². The van der Waals surface area contributed by atoms with Gasteiger partial charge in [0.2, 0.25) is 10.0 Å². The van der Waals surface area contributed by atoms with Gasteiger partial charge in [-0.1, -0.05) is 42.5 Å². The molecule has 0 aliphatic carbocycles. The third kappa shape index (κ3) is 6.96. The molecule has 0 aromatic heterocycles. The Morgan fingerprint density at radius 2 is 1.56 bits per heavy atom. The molecule has 0 spiro atoms. The topological polar surface area (TPSA) is 84.9 Å². The van der Waals surface area contributed by atoms with E-state index in [1.165, 1.54) is 17.0 Å². The van der Waals surface area contributed by atoms with Crippen molar-refractivity contribution in [1.29, 1.82) is 0 Å². The minimum absolute atomic E-state index is 0.0709. The molecule has 180 valence electrons. The summed E-state index contributed by atoms with van der Waals surface area (Å²) in [5.74, 6) is -0.510. The largest absolute Gasteiger partial charge is 0.573 e. The van der Waals surface area contributed by atoms with E-state index in [-0.39, 0.29) is 13.0 Å². The summed E-state index contributed by atoms with van der Waals surface area (Å²) in [5, 5.41) is 0. The number of nitrogens with zero attached hydrogens (tertiary/aromatic N) is 1. The van der Waals surface area contributed by atoms with E-state index in [1.807, 2.05) is 6.07 Å². The molecule has 34 heavy (non-hydrogen) atoms. The third-order valence-corrected chi connectivity index (χ3v) is 6.12. The molecule has 0 aliphatic heterocycles. The predicted octanol–water partition coefficient (Wildman–Crippen LogP) is 4.74. The van der Waals surface area contributed by atoms with Crippen molar-refractivity contribution >= 4 is 21.8 Å². The van der Waals surface area contributed by atoms with Crippen molar-refractivity contribution in [2.75, 3.05) is 18.5 Å². The zero-order chi connectivity index (χ0) is 24.8. The lowest BCUT2D eigenvalue weighted by molar-refractivity contribution is -0.275. The van der Waals surface area contributed by atoms with E-state index in [0.29, 0.717) is 11.4 Å². The molecule has 11 heteroatoms. The molecule has 0 unspecified atom stereocenters. The van der Waals surface area contributed by atoms with Crippen LogP contribution in [0.1, 0.15) is 5.56 Å². The molecule has 0 saturated carbocycles. The lowest BCUT2D eigenvalue weighted by Gasteiger charge is -2.16. The Balaban J connectivity index is 1.56. The van der Waals surface area contributed by atoms with Crippen LogP contribution >= 0.6 is 0 Å². The monoisotopic (exact) mass is 494 g/mol. The van der Waals surface area contributed by atoms with Crippen molar-refractivity contribution in [2.45, 2.75) is 17.7 Å². The number of amides is 1. The second-order valence-corrected chi connectivity index (χ2v) is 8.78. The highest BCUT2D eigenvalue weighted by Crippen LogP contribution is 2.29. The highest BCUT2D eigenvalue weighted by molar-refractivity contribution is 7.89. The second-order valence-electron chi connectivity index (χ2n) is 7.05. The molecule has 3 aromatic carbocycles. The van der Waals surface area contributed by atoms with Crippen LogP contribution in [-0.2, 0) is 16.4 Å². The van der Waals surface area contributed by atoms with Crippen LogP contribution in [-0.4, -0.2) is 34.5 Å². The van der Waals surface area contributed by atoms with Gasteiger partial charge >= 0.3 is 12.5 Å². The normalized spacial score (nSPS) is 11.6. The molecule has 1 amide bonds. The predicted molar refractivity (Wildman–Crippen MR) is 119 cm³/mol. The van der Waals surface area contributed by atoms with Gasteiger partial charge in [0.15, 0.2) is 0 Å². The molecule has 0 radical (unpaired) electrons. The van der Waals surface area contributed by atoms with Gasteiger partial charge in [0.05, 0.1) is 0 Å². The summed E-state index contributed by atoms with van der Waals surface area (Å²) >= 11 is 0. The van der Waals surface area contributed by atoms with Crippen molar-refractivity contribution in [1.82, 2.24) is 4.72 Å². The standard InChI is InChI=1S/C23H21F3N2O5S/c1-28(18-7-3-2-4-8-18)22(29)32-19-13-11-17(12-14-19)15-16-27-34(30,31)21-10-6-5-9-20(21)33-23(24,25)26/h2-14,27H,15-16H2,1H3. The van der Waals surface area contributed by atoms with Gasteiger partial charge in [-0.2, -0.15) is 0 Å². The molecule has 7 nitrogen and oxygen atoms in total. The summed E-state index contributed by atoms with van der Waals surface area (Å²) in [6.45, 7) is -0.0709. The maximum absolute atomic E-state index is 12.6. The summed E-state index contributed by atoms with van der Waals surface area (Å²) in [6.07, 6.45) is -5.35. The van der Waals surface area contributed by atoms with Crippen molar-refractivity contribution in [2.24, 2.45) is 0 Å². The van der Waals surface area contributed by atoms with Crippen LogP contribution < -0.4 is 19.1 Å². The van der Waals surface area contributed by atoms with Crippen molar-refractivity contribution in [3.05, 3.63) is 84.4 Å². The Labute approximate surface area is 194 Å². The molecule has 1 N–H and O–H groups in total. The number of rotatable bonds is 8. The first-order valence-corrected chi connectivity index (χ1v) is 11.5. The van der Waals surface area contributed by atoms with Crippen LogP contribution in [0.4, 0.5) is 23.7 Å². The minimum Gasteiger partial charge on any atom is -0.410 e. The van der Waals surface area contributed by atoms with Gasteiger partial charge in [-0.3, -0.25) is 4.90 Å². The fraction of sp³-hybridized carbons (Fsp3) is 0.174. The molecule has 3 aromatic rings. The Kier molecular flexibility index (Phi) is 7.79. The zero-order valence-corrected chi connectivity index (χ0v) is 18.8. The first-order valence-electron chi connectivity index (χ1n) is 9.99. The zero-order valence-electron chi connectivity index (χ0n) is 18.0. The van der Waals surface area contributed by atoms with E-state index in [0.717, 1.165) is 17.7 Å². The smallest absolute Gasteiger partial charge is 0.410 e. The maximum atomic E-state index is 12.6. The number of benzene rings is 3. The average Bonchev–Trinajstić information content (AvgIpc) is 2.79. The van der Waals surface area contributed by atoms with Gasteiger partial charge in [-0.15, -0.1) is 13.2 Å². The fourth-order valence-corrected chi connectivity index (χ4v) is 4.10. The summed E-state index contributed by atoms with van der Waals surface area (Å²) in [5.41, 5.74) is 1.39. The summed E-state index contributed by atoms with van der Waals surface area (Å²) in [6, 6.07) is 19.9. The van der Waals surface area contributed by atoms with E-state index >= 15 is 0 Å². The van der Waals surface area contributed by atoms with Crippen molar-refractivity contribution in [3.63, 3.8) is 0 Å². The first kappa shape index (κ1) is 25.1. The van der Waals surface area contributed by atoms with Gasteiger partial charge in [0.1, 0.15) is 16.4 Å². The van der Waals surface area contributed by atoms with Gasteiger partial charge in [0.25, 0.3) is 0 Å². The molecule has 0 fully saturated rings. The SMILES string of the molecule is CN(C(=O)Oc1ccc(CCNS(=O)(=O)c2ccccc2OC(F)(F)F)cc1)c1ccccc1. The lowest BCUT2D eigenvalue weighted by atomic mass is 10.1. The van der Waals surface area contributed by atoms with E-state index in [4.69, 9.17) is 4.74 Å². The molecule has 0 aliphatic rings. The minimum atomic E-state index is -5.02. The van der Waals surface area contributed by atoms with Gasteiger partial charge in [-0.25, -0.2) is 17.9 Å². The van der Waals surface area contributed by atoms with Gasteiger partial charge < -0.3 is 9.47 Å². The first-order chi connectivity index (χ1) is 16.0. The van der Waals surface area contributed by atoms with E-state index < -0.39 is 33.1 Å². The highest BCUT2D eigenvalue weighted by atomic mass is 32.2. The number of para-hydroxylation sites is 2. The van der Waals surface area contributed by atoms with E-state index in [9.17, 15) is 26.4 Å². The maximum Gasteiger partial charge on any atom is 0.573 e. The Hall–Kier alpha value is -3.57. The number of anilines is 1. The highest BCUT2D eigenvalue weighted by Gasteiger charge is 2.33. The van der Waals surface area contributed by atoms with Crippen LogP contribution in [0.25, 0.3) is 0 Å². The number of sulfonamides is 1. The van der Waals surface area contributed by atoms with Crippen LogP contribution in [0, 0.1) is 0 Å². The fourth-order valence-electron chi connectivity index (χ4n) is 2.94. The Morgan fingerprint density at radius 3 is 2.21 bits per heavy atom. The molecule has 0 atom stereocenters. The number of hydrogen-bond donors (Lipinski definition) is 1. The molecule has 0 bridgehead atoms. The molecule has 3 rings (SSSR count). The van der Waals surface area contributed by atoms with Crippen LogP contribution in [0.3, 0.4) is 0 Å². The summed E-state index contributed by atoms with van der Waals surface area (Å²) < 4.78 is 74.0. The van der Waals surface area contributed by atoms with E-state index in [2.05, 4.69) is 9.46 Å². The summed E-state index contributed by atoms with van der Waals surface area (Å²) in [7, 11) is -2.66. The van der Waals surface area contributed by atoms with Crippen LogP contribution in [0.15, 0.2) is 83.8 Å². The van der Waals surface area contributed by atoms with Crippen LogP contribution in [0.2, 0.25) is 0 Å². The number of ether oxygens (including phenoxy) is 2. The van der Waals surface area contributed by atoms with E-state index in [1.54, 1.807) is 55.6 Å². The number of halogens is 3. The lowest BCUT2D eigenvalue weighted by Crippen LogP contribution is -2.29. The molecular formula is C23H21F3N2O5S. The van der Waals surface area contributed by atoms with Crippen LogP contribution in [0.5, 0.6) is 11.5 Å². The Bertz CT molecular complexity index is 1220. The quantitative estimate of drug-likeness (QED) is 0.489. The number of nitrogens with one attached hydrogen (secondary N) is 1. The number of carbonyl (C=O) groups excluding carboxylic acids is 1. The van der Waals surface area contributed by atoms with Crippen molar-refractivity contribution < 1.29 is 35.9 Å². The molecule has 0 saturated heterocycles.